The zero-order valence-electron chi connectivity index (χ0n) is 14.2. The summed E-state index contributed by atoms with van der Waals surface area (Å²) >= 11 is 0. The third-order valence-corrected chi connectivity index (χ3v) is 4.74. The second kappa shape index (κ2) is 10.5. The summed E-state index contributed by atoms with van der Waals surface area (Å²) in [6, 6.07) is 0.452. The Bertz CT molecular complexity index is 250. The summed E-state index contributed by atoms with van der Waals surface area (Å²) in [5.41, 5.74) is 0. The van der Waals surface area contributed by atoms with E-state index in [-0.39, 0.29) is 13.2 Å². The number of nitrogens with zero attached hydrogens (tertiary/aromatic N) is 3. The Morgan fingerprint density at radius 2 is 1.62 bits per heavy atom. The molecule has 0 aliphatic carbocycles. The molecule has 0 aromatic rings. The fraction of sp³-hybridized carbons (Fsp3) is 1.00. The number of rotatable bonds is 10. The molecule has 1 aliphatic rings. The SMILES string of the molecule is CC(C1CCN(CCCN(C)C)CC1)N(CCO)CCO. The zero-order chi connectivity index (χ0) is 15.7. The molecule has 0 saturated carbocycles. The Kier molecular flexibility index (Phi) is 9.44. The van der Waals surface area contributed by atoms with Gasteiger partial charge in [-0.25, -0.2) is 0 Å². The van der Waals surface area contributed by atoms with Gasteiger partial charge in [-0.3, -0.25) is 4.90 Å². The third-order valence-electron chi connectivity index (χ3n) is 4.74. The van der Waals surface area contributed by atoms with Crippen LogP contribution in [-0.2, 0) is 0 Å². The molecule has 0 radical (unpaired) electrons. The largest absolute Gasteiger partial charge is 0.395 e. The van der Waals surface area contributed by atoms with Gasteiger partial charge in [0.2, 0.25) is 0 Å². The highest BCUT2D eigenvalue weighted by atomic mass is 16.3. The molecule has 21 heavy (non-hydrogen) atoms. The first-order chi connectivity index (χ1) is 10.1. The average molecular weight is 301 g/mol. The van der Waals surface area contributed by atoms with Crippen LogP contribution in [0.4, 0.5) is 0 Å². The van der Waals surface area contributed by atoms with Crippen LogP contribution in [0.1, 0.15) is 26.2 Å². The Labute approximate surface area is 130 Å². The van der Waals surface area contributed by atoms with E-state index in [1.807, 2.05) is 0 Å². The predicted octanol–water partition coefficient (Wildman–Crippen LogP) is 0.325. The molecule has 1 heterocycles. The normalized spacial score (nSPS) is 19.6. The summed E-state index contributed by atoms with van der Waals surface area (Å²) in [5.74, 6) is 0.688. The molecule has 5 heteroatoms. The molecule has 5 nitrogen and oxygen atoms in total. The third kappa shape index (κ3) is 7.06. The quantitative estimate of drug-likeness (QED) is 0.609. The van der Waals surface area contributed by atoms with Gasteiger partial charge in [0, 0.05) is 19.1 Å². The van der Waals surface area contributed by atoms with E-state index in [0.717, 1.165) is 6.54 Å². The summed E-state index contributed by atoms with van der Waals surface area (Å²) in [7, 11) is 4.26. The van der Waals surface area contributed by atoms with E-state index in [0.29, 0.717) is 25.0 Å². The minimum Gasteiger partial charge on any atom is -0.395 e. The van der Waals surface area contributed by atoms with Gasteiger partial charge in [-0.15, -0.1) is 0 Å². The molecule has 1 atom stereocenters. The van der Waals surface area contributed by atoms with Crippen molar-refractivity contribution in [1.82, 2.24) is 14.7 Å². The Balaban J connectivity index is 2.30. The van der Waals surface area contributed by atoms with Crippen LogP contribution in [0.3, 0.4) is 0 Å². The predicted molar refractivity (Wildman–Crippen MR) is 87.5 cm³/mol. The summed E-state index contributed by atoms with van der Waals surface area (Å²) in [6.07, 6.45) is 3.71. The lowest BCUT2D eigenvalue weighted by Gasteiger charge is -2.39. The fourth-order valence-corrected chi connectivity index (χ4v) is 3.34. The highest BCUT2D eigenvalue weighted by molar-refractivity contribution is 4.81. The first-order valence-corrected chi connectivity index (χ1v) is 8.41. The molecular weight excluding hydrogens is 266 g/mol. The van der Waals surface area contributed by atoms with Gasteiger partial charge in [0.15, 0.2) is 0 Å². The second-order valence-electron chi connectivity index (χ2n) is 6.56. The highest BCUT2D eigenvalue weighted by Gasteiger charge is 2.27. The van der Waals surface area contributed by atoms with Crippen LogP contribution in [0, 0.1) is 5.92 Å². The van der Waals surface area contributed by atoms with Crippen molar-refractivity contribution >= 4 is 0 Å². The van der Waals surface area contributed by atoms with Crippen LogP contribution in [0.15, 0.2) is 0 Å². The maximum absolute atomic E-state index is 9.16. The second-order valence-corrected chi connectivity index (χ2v) is 6.56. The molecule has 2 N–H and O–H groups in total. The van der Waals surface area contributed by atoms with E-state index in [4.69, 9.17) is 10.2 Å². The molecule has 126 valence electrons. The van der Waals surface area contributed by atoms with Crippen LogP contribution in [0.5, 0.6) is 0 Å². The van der Waals surface area contributed by atoms with Crippen molar-refractivity contribution in [3.63, 3.8) is 0 Å². The van der Waals surface area contributed by atoms with E-state index in [2.05, 4.69) is 35.7 Å². The molecule has 0 aromatic heterocycles. The number of aliphatic hydroxyl groups is 2. The lowest BCUT2D eigenvalue weighted by atomic mass is 9.89. The number of hydrogen-bond donors (Lipinski definition) is 2. The lowest BCUT2D eigenvalue weighted by Crippen LogP contribution is -2.46. The van der Waals surface area contributed by atoms with Crippen LogP contribution in [0.2, 0.25) is 0 Å². The van der Waals surface area contributed by atoms with Crippen LogP contribution >= 0.6 is 0 Å². The van der Waals surface area contributed by atoms with Crippen molar-refractivity contribution in [1.29, 1.82) is 0 Å². The van der Waals surface area contributed by atoms with E-state index in [1.165, 1.54) is 38.9 Å². The zero-order valence-corrected chi connectivity index (χ0v) is 14.2. The van der Waals surface area contributed by atoms with Crippen molar-refractivity contribution < 1.29 is 10.2 Å². The van der Waals surface area contributed by atoms with E-state index in [9.17, 15) is 0 Å². The van der Waals surface area contributed by atoms with Gasteiger partial charge in [0.25, 0.3) is 0 Å². The minimum absolute atomic E-state index is 0.174. The van der Waals surface area contributed by atoms with Gasteiger partial charge in [0.1, 0.15) is 0 Å². The summed E-state index contributed by atoms with van der Waals surface area (Å²) in [6.45, 7) is 8.69. The average Bonchev–Trinajstić information content (AvgIpc) is 2.47. The van der Waals surface area contributed by atoms with E-state index in [1.54, 1.807) is 0 Å². The number of aliphatic hydroxyl groups excluding tert-OH is 2. The highest BCUT2D eigenvalue weighted by Crippen LogP contribution is 2.24. The van der Waals surface area contributed by atoms with Gasteiger partial charge in [-0.2, -0.15) is 0 Å². The van der Waals surface area contributed by atoms with Crippen molar-refractivity contribution in [2.24, 2.45) is 5.92 Å². The molecule has 0 amide bonds. The van der Waals surface area contributed by atoms with Crippen molar-refractivity contribution in [2.75, 3.05) is 66.6 Å². The molecule has 1 aliphatic heterocycles. The molecule has 1 fully saturated rings. The monoisotopic (exact) mass is 301 g/mol. The smallest absolute Gasteiger partial charge is 0.0558 e. The number of piperidine rings is 1. The molecule has 1 saturated heterocycles. The molecule has 0 bridgehead atoms. The fourth-order valence-electron chi connectivity index (χ4n) is 3.34. The van der Waals surface area contributed by atoms with Crippen LogP contribution < -0.4 is 0 Å². The molecule has 1 rings (SSSR count). The van der Waals surface area contributed by atoms with Gasteiger partial charge < -0.3 is 20.0 Å². The standard InChI is InChI=1S/C16H35N3O2/c1-15(19(11-13-20)12-14-21)16-5-9-18(10-6-16)8-4-7-17(2)3/h15-16,20-21H,4-14H2,1-3H3. The van der Waals surface area contributed by atoms with Crippen LogP contribution in [-0.4, -0.2) is 97.5 Å². The lowest BCUT2D eigenvalue weighted by molar-refractivity contribution is 0.0683. The Morgan fingerprint density at radius 1 is 1.05 bits per heavy atom. The topological polar surface area (TPSA) is 50.2 Å². The van der Waals surface area contributed by atoms with Gasteiger partial charge in [-0.05, 0) is 72.4 Å². The number of hydrogen-bond acceptors (Lipinski definition) is 5. The minimum atomic E-state index is 0.174. The van der Waals surface area contributed by atoms with E-state index >= 15 is 0 Å². The van der Waals surface area contributed by atoms with Gasteiger partial charge in [-0.1, -0.05) is 0 Å². The summed E-state index contributed by atoms with van der Waals surface area (Å²) in [4.78, 5) is 7.05. The Hall–Kier alpha value is -0.200. The molecule has 1 unspecified atom stereocenters. The Morgan fingerprint density at radius 3 is 2.10 bits per heavy atom. The maximum Gasteiger partial charge on any atom is 0.0558 e. The van der Waals surface area contributed by atoms with Gasteiger partial charge in [0.05, 0.1) is 13.2 Å². The molecular formula is C16H35N3O2. The van der Waals surface area contributed by atoms with Crippen molar-refractivity contribution in [3.05, 3.63) is 0 Å². The summed E-state index contributed by atoms with van der Waals surface area (Å²) in [5, 5.41) is 18.3. The van der Waals surface area contributed by atoms with E-state index < -0.39 is 0 Å². The number of likely N-dealkylation sites (tertiary alicyclic amines) is 1. The van der Waals surface area contributed by atoms with Crippen LogP contribution in [0.25, 0.3) is 0 Å². The molecule has 0 spiro atoms. The summed E-state index contributed by atoms with van der Waals surface area (Å²) < 4.78 is 0. The first kappa shape index (κ1) is 18.8. The first-order valence-electron chi connectivity index (χ1n) is 8.41. The maximum atomic E-state index is 9.16. The van der Waals surface area contributed by atoms with Gasteiger partial charge >= 0.3 is 0 Å². The van der Waals surface area contributed by atoms with Crippen molar-refractivity contribution in [2.45, 2.75) is 32.2 Å². The van der Waals surface area contributed by atoms with Crippen molar-refractivity contribution in [3.8, 4) is 0 Å². The molecule has 0 aromatic carbocycles.